The molecule has 1 amide bonds. The summed E-state index contributed by atoms with van der Waals surface area (Å²) < 4.78 is 10.6. The Morgan fingerprint density at radius 1 is 1.08 bits per heavy atom. The number of aromatic nitrogens is 1. The second kappa shape index (κ2) is 7.36. The van der Waals surface area contributed by atoms with Crippen LogP contribution in [0.5, 0.6) is 11.5 Å². The minimum absolute atomic E-state index is 0.259. The number of anilines is 1. The van der Waals surface area contributed by atoms with Gasteiger partial charge in [-0.1, -0.05) is 30.3 Å². The highest BCUT2D eigenvalue weighted by molar-refractivity contribution is 7.14. The maximum atomic E-state index is 12.6. The van der Waals surface area contributed by atoms with Crippen molar-refractivity contribution in [2.45, 2.75) is 6.92 Å². The molecule has 3 aromatic rings. The topological polar surface area (TPSA) is 60.5 Å². The van der Waals surface area contributed by atoms with Crippen LogP contribution in [0.3, 0.4) is 0 Å². The van der Waals surface area contributed by atoms with E-state index in [-0.39, 0.29) is 5.91 Å². The zero-order valence-corrected chi connectivity index (χ0v) is 15.0. The fourth-order valence-corrected chi connectivity index (χ4v) is 3.17. The van der Waals surface area contributed by atoms with Crippen LogP contribution in [-0.2, 0) is 0 Å². The van der Waals surface area contributed by atoms with Gasteiger partial charge in [0.05, 0.1) is 19.9 Å². The minimum atomic E-state index is -0.259. The van der Waals surface area contributed by atoms with Gasteiger partial charge in [-0.3, -0.25) is 10.1 Å². The lowest BCUT2D eigenvalue weighted by Gasteiger charge is -2.12. The highest BCUT2D eigenvalue weighted by atomic mass is 32.1. The van der Waals surface area contributed by atoms with Crippen LogP contribution in [0.15, 0.2) is 47.8 Å². The molecule has 0 aliphatic heterocycles. The number of methoxy groups -OCH3 is 2. The molecule has 6 heteroatoms. The smallest absolute Gasteiger partial charge is 0.257 e. The molecule has 0 aliphatic carbocycles. The van der Waals surface area contributed by atoms with E-state index in [1.165, 1.54) is 11.3 Å². The van der Waals surface area contributed by atoms with E-state index in [0.29, 0.717) is 22.2 Å². The summed E-state index contributed by atoms with van der Waals surface area (Å²) in [5.41, 5.74) is 3.15. The van der Waals surface area contributed by atoms with Gasteiger partial charge in [0.2, 0.25) is 0 Å². The Morgan fingerprint density at radius 2 is 1.72 bits per heavy atom. The summed E-state index contributed by atoms with van der Waals surface area (Å²) in [5.74, 6) is 0.952. The number of benzene rings is 2. The summed E-state index contributed by atoms with van der Waals surface area (Å²) in [6.45, 7) is 1.88. The van der Waals surface area contributed by atoms with Crippen LogP contribution in [0.25, 0.3) is 11.3 Å². The lowest BCUT2D eigenvalue weighted by Crippen LogP contribution is -2.12. The van der Waals surface area contributed by atoms with Crippen LogP contribution in [0, 0.1) is 6.92 Å². The zero-order chi connectivity index (χ0) is 17.8. The van der Waals surface area contributed by atoms with Crippen molar-refractivity contribution in [3.63, 3.8) is 0 Å². The average Bonchev–Trinajstić information content (AvgIpc) is 3.11. The molecule has 0 aliphatic rings. The van der Waals surface area contributed by atoms with Crippen LogP contribution in [-0.4, -0.2) is 25.1 Å². The van der Waals surface area contributed by atoms with Crippen LogP contribution in [0.1, 0.15) is 15.9 Å². The van der Waals surface area contributed by atoms with Gasteiger partial charge in [0, 0.05) is 22.1 Å². The van der Waals surface area contributed by atoms with E-state index in [9.17, 15) is 4.79 Å². The lowest BCUT2D eigenvalue weighted by molar-refractivity contribution is 0.102. The number of amides is 1. The standard InChI is InChI=1S/C19H18N2O3S/c1-12-16(23-2)9-14(10-17(12)24-3)18(22)21-19-20-15(11-25-19)13-7-5-4-6-8-13/h4-11H,1-3H3,(H,20,21,22). The highest BCUT2D eigenvalue weighted by Crippen LogP contribution is 2.30. The molecule has 3 rings (SSSR count). The molecule has 25 heavy (non-hydrogen) atoms. The molecule has 128 valence electrons. The Kier molecular flexibility index (Phi) is 5.00. The molecule has 1 heterocycles. The van der Waals surface area contributed by atoms with Crippen molar-refractivity contribution in [3.8, 4) is 22.8 Å². The number of carbonyl (C=O) groups excluding carboxylic acids is 1. The first-order valence-electron chi connectivity index (χ1n) is 7.67. The Labute approximate surface area is 150 Å². The van der Waals surface area contributed by atoms with E-state index in [1.807, 2.05) is 42.6 Å². The average molecular weight is 354 g/mol. The van der Waals surface area contributed by atoms with Crippen LogP contribution in [0.2, 0.25) is 0 Å². The molecule has 2 aromatic carbocycles. The number of nitrogens with one attached hydrogen (secondary N) is 1. The van der Waals surface area contributed by atoms with Gasteiger partial charge in [0.15, 0.2) is 5.13 Å². The van der Waals surface area contributed by atoms with Crippen molar-refractivity contribution in [3.05, 3.63) is 59.0 Å². The third-order valence-electron chi connectivity index (χ3n) is 3.81. The first-order valence-corrected chi connectivity index (χ1v) is 8.55. The highest BCUT2D eigenvalue weighted by Gasteiger charge is 2.15. The lowest BCUT2D eigenvalue weighted by atomic mass is 10.1. The van der Waals surface area contributed by atoms with Crippen molar-refractivity contribution in [2.75, 3.05) is 19.5 Å². The van der Waals surface area contributed by atoms with E-state index in [1.54, 1.807) is 26.4 Å². The third kappa shape index (κ3) is 3.64. The summed E-state index contributed by atoms with van der Waals surface area (Å²) in [4.78, 5) is 17.0. The monoisotopic (exact) mass is 354 g/mol. The van der Waals surface area contributed by atoms with E-state index < -0.39 is 0 Å². The number of carbonyl (C=O) groups is 1. The predicted molar refractivity (Wildman–Crippen MR) is 99.8 cm³/mol. The van der Waals surface area contributed by atoms with E-state index >= 15 is 0 Å². The molecule has 0 bridgehead atoms. The third-order valence-corrected chi connectivity index (χ3v) is 4.57. The van der Waals surface area contributed by atoms with Crippen molar-refractivity contribution in [1.82, 2.24) is 4.98 Å². The largest absolute Gasteiger partial charge is 0.496 e. The quantitative estimate of drug-likeness (QED) is 0.738. The Morgan fingerprint density at radius 3 is 2.32 bits per heavy atom. The molecule has 0 saturated carbocycles. The van der Waals surface area contributed by atoms with Crippen molar-refractivity contribution in [2.24, 2.45) is 0 Å². The van der Waals surface area contributed by atoms with Gasteiger partial charge in [-0.15, -0.1) is 11.3 Å². The predicted octanol–water partition coefficient (Wildman–Crippen LogP) is 4.39. The summed E-state index contributed by atoms with van der Waals surface area (Å²) in [5, 5.41) is 5.29. The van der Waals surface area contributed by atoms with Gasteiger partial charge in [0.1, 0.15) is 11.5 Å². The molecule has 1 aromatic heterocycles. The summed E-state index contributed by atoms with van der Waals surface area (Å²) >= 11 is 1.38. The molecule has 0 unspecified atom stereocenters. The first-order chi connectivity index (χ1) is 12.1. The fraction of sp³-hybridized carbons (Fsp3) is 0.158. The number of hydrogen-bond donors (Lipinski definition) is 1. The summed E-state index contributed by atoms with van der Waals surface area (Å²) in [6.07, 6.45) is 0. The second-order valence-corrected chi connectivity index (χ2v) is 6.22. The molecule has 1 N–H and O–H groups in total. The van der Waals surface area contributed by atoms with E-state index in [2.05, 4.69) is 10.3 Å². The normalized spacial score (nSPS) is 10.4. The maximum Gasteiger partial charge on any atom is 0.257 e. The molecule has 0 radical (unpaired) electrons. The van der Waals surface area contributed by atoms with Gasteiger partial charge in [0.25, 0.3) is 5.91 Å². The van der Waals surface area contributed by atoms with E-state index in [4.69, 9.17) is 9.47 Å². The second-order valence-electron chi connectivity index (χ2n) is 5.36. The van der Waals surface area contributed by atoms with Crippen LogP contribution < -0.4 is 14.8 Å². The van der Waals surface area contributed by atoms with Gasteiger partial charge in [-0.25, -0.2) is 4.98 Å². The molecule has 0 saturated heterocycles. The summed E-state index contributed by atoms with van der Waals surface area (Å²) in [7, 11) is 3.13. The molecule has 0 fully saturated rings. The first kappa shape index (κ1) is 17.0. The number of nitrogens with zero attached hydrogens (tertiary/aromatic N) is 1. The van der Waals surface area contributed by atoms with Gasteiger partial charge >= 0.3 is 0 Å². The molecule has 0 spiro atoms. The molecular weight excluding hydrogens is 336 g/mol. The maximum absolute atomic E-state index is 12.6. The number of rotatable bonds is 5. The summed E-state index contributed by atoms with van der Waals surface area (Å²) in [6, 6.07) is 13.2. The van der Waals surface area contributed by atoms with Gasteiger partial charge in [-0.2, -0.15) is 0 Å². The number of thiazole rings is 1. The van der Waals surface area contributed by atoms with Crippen LogP contribution >= 0.6 is 11.3 Å². The Bertz CT molecular complexity index is 866. The van der Waals surface area contributed by atoms with Crippen molar-refractivity contribution >= 4 is 22.4 Å². The van der Waals surface area contributed by atoms with Crippen molar-refractivity contribution < 1.29 is 14.3 Å². The van der Waals surface area contributed by atoms with E-state index in [0.717, 1.165) is 16.8 Å². The molecular formula is C19H18N2O3S. The van der Waals surface area contributed by atoms with Crippen molar-refractivity contribution in [1.29, 1.82) is 0 Å². The number of hydrogen-bond acceptors (Lipinski definition) is 5. The number of ether oxygens (including phenoxy) is 2. The minimum Gasteiger partial charge on any atom is -0.496 e. The molecule has 5 nitrogen and oxygen atoms in total. The molecule has 0 atom stereocenters. The fourth-order valence-electron chi connectivity index (χ4n) is 2.46. The van der Waals surface area contributed by atoms with Gasteiger partial charge in [-0.05, 0) is 19.1 Å². The SMILES string of the molecule is COc1cc(C(=O)Nc2nc(-c3ccccc3)cs2)cc(OC)c1C. The zero-order valence-electron chi connectivity index (χ0n) is 14.2. The Balaban J connectivity index is 1.82. The van der Waals surface area contributed by atoms with Gasteiger partial charge < -0.3 is 9.47 Å². The van der Waals surface area contributed by atoms with Crippen LogP contribution in [0.4, 0.5) is 5.13 Å². The Hall–Kier alpha value is -2.86.